The van der Waals surface area contributed by atoms with Crippen LogP contribution < -0.4 is 5.32 Å². The second kappa shape index (κ2) is 7.21. The lowest BCUT2D eigenvalue weighted by Crippen LogP contribution is -2.17. The largest absolute Gasteiger partial charge is 0.433 e. The number of halogens is 3. The molecule has 0 aromatic carbocycles. The number of anilines is 1. The van der Waals surface area contributed by atoms with Crippen LogP contribution in [0.5, 0.6) is 0 Å². The topological polar surface area (TPSA) is 88.3 Å². The van der Waals surface area contributed by atoms with Gasteiger partial charge in [0.25, 0.3) is 0 Å². The van der Waals surface area contributed by atoms with Crippen LogP contribution in [0, 0.1) is 16.0 Å². The molecule has 0 aliphatic carbocycles. The summed E-state index contributed by atoms with van der Waals surface area (Å²) >= 11 is 0. The zero-order chi connectivity index (χ0) is 16.0. The highest BCUT2D eigenvalue weighted by atomic mass is 19.4. The molecule has 0 saturated carbocycles. The summed E-state index contributed by atoms with van der Waals surface area (Å²) in [5.74, 6) is 0.0112. The molecule has 1 unspecified atom stereocenters. The Kier molecular flexibility index (Phi) is 5.89. The van der Waals surface area contributed by atoms with Crippen LogP contribution in [0.4, 0.5) is 24.5 Å². The lowest BCUT2D eigenvalue weighted by Gasteiger charge is -2.16. The number of nitro groups is 1. The number of alkyl halides is 3. The van der Waals surface area contributed by atoms with E-state index in [4.69, 9.17) is 5.11 Å². The van der Waals surface area contributed by atoms with Crippen molar-refractivity contribution in [2.45, 2.75) is 25.9 Å². The fraction of sp³-hybridized carbons (Fsp3) is 0.583. The van der Waals surface area contributed by atoms with Crippen molar-refractivity contribution in [2.24, 2.45) is 5.92 Å². The lowest BCUT2D eigenvalue weighted by molar-refractivity contribution is -0.384. The Morgan fingerprint density at radius 3 is 2.67 bits per heavy atom. The first kappa shape index (κ1) is 17.2. The number of aromatic nitrogens is 1. The molecule has 0 spiro atoms. The Morgan fingerprint density at radius 2 is 2.19 bits per heavy atom. The molecule has 2 N–H and O–H groups in total. The van der Waals surface area contributed by atoms with Gasteiger partial charge in [0.15, 0.2) is 0 Å². The number of hydrogen-bond donors (Lipinski definition) is 2. The van der Waals surface area contributed by atoms with E-state index in [0.29, 0.717) is 25.1 Å². The average molecular weight is 307 g/mol. The first-order chi connectivity index (χ1) is 9.79. The van der Waals surface area contributed by atoms with Gasteiger partial charge < -0.3 is 10.4 Å². The van der Waals surface area contributed by atoms with E-state index in [1.807, 2.05) is 6.92 Å². The predicted molar refractivity (Wildman–Crippen MR) is 69.9 cm³/mol. The summed E-state index contributed by atoms with van der Waals surface area (Å²) in [6, 6.07) is 0.629. The van der Waals surface area contributed by atoms with E-state index in [9.17, 15) is 23.3 Å². The Morgan fingerprint density at radius 1 is 1.52 bits per heavy atom. The normalized spacial score (nSPS) is 13.0. The number of nitrogens with zero attached hydrogens (tertiary/aromatic N) is 2. The number of aliphatic hydroxyl groups is 1. The summed E-state index contributed by atoms with van der Waals surface area (Å²) in [4.78, 5) is 13.1. The van der Waals surface area contributed by atoms with Crippen LogP contribution in [0.15, 0.2) is 12.3 Å². The third-order valence-corrected chi connectivity index (χ3v) is 3.07. The maximum absolute atomic E-state index is 12.6. The molecule has 0 bridgehead atoms. The van der Waals surface area contributed by atoms with Crippen molar-refractivity contribution < 1.29 is 23.2 Å². The quantitative estimate of drug-likeness (QED) is 0.597. The molecule has 21 heavy (non-hydrogen) atoms. The fourth-order valence-electron chi connectivity index (χ4n) is 1.78. The molecule has 9 heteroatoms. The summed E-state index contributed by atoms with van der Waals surface area (Å²) in [6.45, 7) is 2.05. The highest BCUT2D eigenvalue weighted by Crippen LogP contribution is 2.33. The molecule has 6 nitrogen and oxygen atoms in total. The minimum atomic E-state index is -4.67. The minimum Gasteiger partial charge on any atom is -0.396 e. The summed E-state index contributed by atoms with van der Waals surface area (Å²) < 4.78 is 37.8. The molecule has 0 aliphatic heterocycles. The summed E-state index contributed by atoms with van der Waals surface area (Å²) in [7, 11) is 0. The molecule has 0 saturated heterocycles. The molecule has 1 rings (SSSR count). The number of hydrogen-bond acceptors (Lipinski definition) is 5. The molecular weight excluding hydrogens is 291 g/mol. The van der Waals surface area contributed by atoms with Crippen molar-refractivity contribution in [1.29, 1.82) is 0 Å². The predicted octanol–water partition coefficient (Wildman–Crippen LogP) is 2.83. The van der Waals surface area contributed by atoms with E-state index in [1.54, 1.807) is 0 Å². The van der Waals surface area contributed by atoms with Crippen LogP contribution in [0.2, 0.25) is 0 Å². The SMILES string of the molecule is CCC(CCO)CNc1cc(C(F)(F)F)ncc1[N+](=O)[O-]. The minimum absolute atomic E-state index is 0.0112. The molecule has 1 atom stereocenters. The first-order valence-corrected chi connectivity index (χ1v) is 6.36. The maximum Gasteiger partial charge on any atom is 0.433 e. The van der Waals surface area contributed by atoms with Crippen molar-refractivity contribution in [1.82, 2.24) is 4.98 Å². The third-order valence-electron chi connectivity index (χ3n) is 3.07. The van der Waals surface area contributed by atoms with Crippen LogP contribution in [-0.4, -0.2) is 28.2 Å². The van der Waals surface area contributed by atoms with Gasteiger partial charge in [0.2, 0.25) is 0 Å². The lowest BCUT2D eigenvalue weighted by atomic mass is 10.0. The molecule has 1 aromatic rings. The van der Waals surface area contributed by atoms with E-state index in [-0.39, 0.29) is 24.8 Å². The van der Waals surface area contributed by atoms with E-state index >= 15 is 0 Å². The van der Waals surface area contributed by atoms with Gasteiger partial charge in [0, 0.05) is 13.2 Å². The van der Waals surface area contributed by atoms with E-state index in [0.717, 1.165) is 0 Å². The smallest absolute Gasteiger partial charge is 0.396 e. The molecule has 0 fully saturated rings. The molecule has 0 aliphatic rings. The van der Waals surface area contributed by atoms with E-state index in [1.165, 1.54) is 0 Å². The van der Waals surface area contributed by atoms with Crippen LogP contribution in [-0.2, 0) is 6.18 Å². The molecule has 1 heterocycles. The van der Waals surface area contributed by atoms with Gasteiger partial charge in [0.1, 0.15) is 17.6 Å². The van der Waals surface area contributed by atoms with Crippen LogP contribution in [0.25, 0.3) is 0 Å². The Labute approximate surface area is 119 Å². The number of rotatable bonds is 7. The third kappa shape index (κ3) is 4.85. The van der Waals surface area contributed by atoms with E-state index in [2.05, 4.69) is 10.3 Å². The Balaban J connectivity index is 2.98. The zero-order valence-corrected chi connectivity index (χ0v) is 11.4. The number of nitrogens with one attached hydrogen (secondary N) is 1. The second-order valence-corrected chi connectivity index (χ2v) is 4.51. The summed E-state index contributed by atoms with van der Waals surface area (Å²) in [5.41, 5.74) is -1.92. The summed E-state index contributed by atoms with van der Waals surface area (Å²) in [6.07, 6.45) is -2.91. The summed E-state index contributed by atoms with van der Waals surface area (Å²) in [5, 5.41) is 22.3. The van der Waals surface area contributed by atoms with Gasteiger partial charge in [-0.1, -0.05) is 13.3 Å². The second-order valence-electron chi connectivity index (χ2n) is 4.51. The van der Waals surface area contributed by atoms with Crippen LogP contribution in [0.1, 0.15) is 25.5 Å². The highest BCUT2D eigenvalue weighted by molar-refractivity contribution is 5.61. The Hall–Kier alpha value is -1.90. The average Bonchev–Trinajstić information content (AvgIpc) is 2.41. The number of aliphatic hydroxyl groups excluding tert-OH is 1. The standard InChI is InChI=1S/C12H16F3N3O3/c1-2-8(3-4-19)6-16-9-5-11(12(13,14)15)17-7-10(9)18(20)21/h5,7-8,19H,2-4,6H2,1H3,(H,16,17). The van der Waals surface area contributed by atoms with Gasteiger partial charge in [0.05, 0.1) is 4.92 Å². The van der Waals surface area contributed by atoms with Crippen molar-refractivity contribution in [2.75, 3.05) is 18.5 Å². The Bertz CT molecular complexity index is 494. The molecule has 118 valence electrons. The van der Waals surface area contributed by atoms with Gasteiger partial charge in [-0.2, -0.15) is 13.2 Å². The monoisotopic (exact) mass is 307 g/mol. The van der Waals surface area contributed by atoms with Gasteiger partial charge in [-0.25, -0.2) is 4.98 Å². The maximum atomic E-state index is 12.6. The van der Waals surface area contributed by atoms with Crippen molar-refractivity contribution >= 4 is 11.4 Å². The van der Waals surface area contributed by atoms with Crippen LogP contribution >= 0.6 is 0 Å². The molecule has 0 amide bonds. The van der Waals surface area contributed by atoms with E-state index < -0.39 is 22.5 Å². The molecular formula is C12H16F3N3O3. The zero-order valence-electron chi connectivity index (χ0n) is 11.4. The molecule has 1 aromatic heterocycles. The van der Waals surface area contributed by atoms with Crippen molar-refractivity contribution in [3.05, 3.63) is 28.1 Å². The van der Waals surface area contributed by atoms with Crippen molar-refractivity contribution in [3.63, 3.8) is 0 Å². The first-order valence-electron chi connectivity index (χ1n) is 6.36. The van der Waals surface area contributed by atoms with Gasteiger partial charge >= 0.3 is 11.9 Å². The highest BCUT2D eigenvalue weighted by Gasteiger charge is 2.34. The van der Waals surface area contributed by atoms with Gasteiger partial charge in [-0.3, -0.25) is 10.1 Å². The van der Waals surface area contributed by atoms with Crippen molar-refractivity contribution in [3.8, 4) is 0 Å². The van der Waals surface area contributed by atoms with Crippen LogP contribution in [0.3, 0.4) is 0 Å². The number of pyridine rings is 1. The molecule has 0 radical (unpaired) electrons. The fourth-order valence-corrected chi connectivity index (χ4v) is 1.78. The van der Waals surface area contributed by atoms with Gasteiger partial charge in [-0.05, 0) is 18.4 Å². The van der Waals surface area contributed by atoms with Gasteiger partial charge in [-0.15, -0.1) is 0 Å².